The molecule has 3 nitrogen and oxygen atoms in total. The van der Waals surface area contributed by atoms with Gasteiger partial charge in [0.2, 0.25) is 0 Å². The smallest absolute Gasteiger partial charge is 0.184 e. The minimum Gasteiger partial charge on any atom is -0.359 e. The highest BCUT2D eigenvalue weighted by atomic mass is 32.1. The van der Waals surface area contributed by atoms with E-state index in [0.29, 0.717) is 6.04 Å². The van der Waals surface area contributed by atoms with Crippen LogP contribution >= 0.6 is 11.3 Å². The van der Waals surface area contributed by atoms with Gasteiger partial charge >= 0.3 is 0 Å². The second kappa shape index (κ2) is 3.30. The fraction of sp³-hybridized carbons (Fsp3) is 0.333. The summed E-state index contributed by atoms with van der Waals surface area (Å²) >= 11 is 1.64. The molecule has 0 aromatic carbocycles. The van der Waals surface area contributed by atoms with Gasteiger partial charge in [0.25, 0.3) is 0 Å². The number of hydrogen-bond donors (Lipinski definition) is 1. The Labute approximate surface area is 80.8 Å². The maximum atomic E-state index is 4.42. The fourth-order valence-corrected chi connectivity index (χ4v) is 2.07. The molecular formula is C9H11N3S. The lowest BCUT2D eigenvalue weighted by Gasteiger charge is -2.03. The van der Waals surface area contributed by atoms with Crippen molar-refractivity contribution < 1.29 is 0 Å². The summed E-state index contributed by atoms with van der Waals surface area (Å²) in [6.45, 7) is 4.20. The minimum atomic E-state index is 0.425. The third kappa shape index (κ3) is 1.78. The summed E-state index contributed by atoms with van der Waals surface area (Å²) in [5.41, 5.74) is 1.02. The van der Waals surface area contributed by atoms with Crippen LogP contribution in [-0.4, -0.2) is 16.0 Å². The molecule has 0 aliphatic rings. The fourth-order valence-electron chi connectivity index (χ4n) is 1.09. The monoisotopic (exact) mass is 193 g/mol. The van der Waals surface area contributed by atoms with Crippen molar-refractivity contribution in [2.45, 2.75) is 19.9 Å². The van der Waals surface area contributed by atoms with Gasteiger partial charge < -0.3 is 5.32 Å². The molecule has 0 radical (unpaired) electrons. The molecule has 0 atom stereocenters. The number of nitrogens with zero attached hydrogens (tertiary/aromatic N) is 2. The second-order valence-electron chi connectivity index (χ2n) is 3.16. The quantitative estimate of drug-likeness (QED) is 0.796. The van der Waals surface area contributed by atoms with E-state index in [1.54, 1.807) is 17.5 Å². The zero-order chi connectivity index (χ0) is 9.26. The number of pyridine rings is 1. The number of thiazole rings is 1. The van der Waals surface area contributed by atoms with Gasteiger partial charge in [0.05, 0.1) is 10.2 Å². The third-order valence-corrected chi connectivity index (χ3v) is 2.54. The van der Waals surface area contributed by atoms with Gasteiger partial charge in [-0.05, 0) is 19.9 Å². The molecule has 4 heteroatoms. The Bertz CT molecular complexity index is 375. The highest BCUT2D eigenvalue weighted by molar-refractivity contribution is 7.22. The summed E-state index contributed by atoms with van der Waals surface area (Å²) in [4.78, 5) is 8.47. The molecular weight excluding hydrogens is 182 g/mol. The van der Waals surface area contributed by atoms with Crippen LogP contribution < -0.4 is 5.32 Å². The molecule has 0 spiro atoms. The molecule has 0 fully saturated rings. The van der Waals surface area contributed by atoms with Crippen molar-refractivity contribution in [1.29, 1.82) is 0 Å². The van der Waals surface area contributed by atoms with Crippen LogP contribution in [0.25, 0.3) is 10.2 Å². The summed E-state index contributed by atoms with van der Waals surface area (Å²) in [7, 11) is 0. The van der Waals surface area contributed by atoms with Crippen LogP contribution in [0.5, 0.6) is 0 Å². The van der Waals surface area contributed by atoms with E-state index >= 15 is 0 Å². The molecule has 0 amide bonds. The maximum Gasteiger partial charge on any atom is 0.184 e. The van der Waals surface area contributed by atoms with Crippen LogP contribution in [0.15, 0.2) is 18.5 Å². The van der Waals surface area contributed by atoms with Crippen molar-refractivity contribution in [3.63, 3.8) is 0 Å². The van der Waals surface area contributed by atoms with Gasteiger partial charge in [0.1, 0.15) is 0 Å². The molecule has 0 saturated carbocycles. The van der Waals surface area contributed by atoms with Crippen LogP contribution in [0.3, 0.4) is 0 Å². The number of rotatable bonds is 2. The molecule has 0 bridgehead atoms. The summed E-state index contributed by atoms with van der Waals surface area (Å²) in [5, 5.41) is 4.24. The van der Waals surface area contributed by atoms with E-state index in [9.17, 15) is 0 Å². The van der Waals surface area contributed by atoms with E-state index in [4.69, 9.17) is 0 Å². The number of fused-ring (bicyclic) bond motifs is 1. The van der Waals surface area contributed by atoms with Crippen molar-refractivity contribution in [2.24, 2.45) is 0 Å². The van der Waals surface area contributed by atoms with Gasteiger partial charge in [0.15, 0.2) is 5.13 Å². The highest BCUT2D eigenvalue weighted by Crippen LogP contribution is 2.24. The Morgan fingerprint density at radius 1 is 1.46 bits per heavy atom. The van der Waals surface area contributed by atoms with E-state index in [1.165, 1.54) is 0 Å². The van der Waals surface area contributed by atoms with Crippen LogP contribution in [0.2, 0.25) is 0 Å². The van der Waals surface area contributed by atoms with Crippen molar-refractivity contribution in [1.82, 2.24) is 9.97 Å². The SMILES string of the molecule is CC(C)Nc1nc2ccncc2s1. The van der Waals surface area contributed by atoms with E-state index in [1.807, 2.05) is 12.3 Å². The predicted octanol–water partition coefficient (Wildman–Crippen LogP) is 2.51. The van der Waals surface area contributed by atoms with E-state index in [2.05, 4.69) is 29.1 Å². The van der Waals surface area contributed by atoms with Crippen LogP contribution in [0, 0.1) is 0 Å². The lowest BCUT2D eigenvalue weighted by Crippen LogP contribution is -2.08. The number of anilines is 1. The van der Waals surface area contributed by atoms with Crippen LogP contribution in [0.1, 0.15) is 13.8 Å². The van der Waals surface area contributed by atoms with Gasteiger partial charge in [-0.25, -0.2) is 4.98 Å². The number of aromatic nitrogens is 2. The standard InChI is InChI=1S/C9H11N3S/c1-6(2)11-9-12-7-3-4-10-5-8(7)13-9/h3-6H,1-2H3,(H,11,12). The predicted molar refractivity (Wildman–Crippen MR) is 56.2 cm³/mol. The van der Waals surface area contributed by atoms with Gasteiger partial charge in [0, 0.05) is 18.4 Å². The summed E-state index contributed by atoms with van der Waals surface area (Å²) in [5.74, 6) is 0. The van der Waals surface area contributed by atoms with Gasteiger partial charge in [-0.3, -0.25) is 4.98 Å². The minimum absolute atomic E-state index is 0.425. The van der Waals surface area contributed by atoms with E-state index < -0.39 is 0 Å². The molecule has 2 aromatic heterocycles. The molecule has 0 aliphatic carbocycles. The Morgan fingerprint density at radius 3 is 3.00 bits per heavy atom. The average Bonchev–Trinajstić information content (AvgIpc) is 2.44. The van der Waals surface area contributed by atoms with Crippen molar-refractivity contribution in [3.05, 3.63) is 18.5 Å². The molecule has 68 valence electrons. The van der Waals surface area contributed by atoms with Crippen molar-refractivity contribution in [3.8, 4) is 0 Å². The van der Waals surface area contributed by atoms with Gasteiger partial charge in [-0.1, -0.05) is 11.3 Å². The number of nitrogens with one attached hydrogen (secondary N) is 1. The summed E-state index contributed by atoms with van der Waals surface area (Å²) < 4.78 is 1.13. The molecule has 2 aromatic rings. The molecule has 0 aliphatic heterocycles. The Morgan fingerprint density at radius 2 is 2.31 bits per heavy atom. The van der Waals surface area contributed by atoms with Crippen LogP contribution in [0.4, 0.5) is 5.13 Å². The molecule has 2 rings (SSSR count). The summed E-state index contributed by atoms with van der Waals surface area (Å²) in [6.07, 6.45) is 3.61. The molecule has 13 heavy (non-hydrogen) atoms. The lowest BCUT2D eigenvalue weighted by atomic mass is 10.4. The zero-order valence-corrected chi connectivity index (χ0v) is 8.43. The van der Waals surface area contributed by atoms with Gasteiger partial charge in [-0.15, -0.1) is 0 Å². The second-order valence-corrected chi connectivity index (χ2v) is 4.19. The highest BCUT2D eigenvalue weighted by Gasteiger charge is 2.03. The Balaban J connectivity index is 2.38. The largest absolute Gasteiger partial charge is 0.359 e. The maximum absolute atomic E-state index is 4.42. The average molecular weight is 193 g/mol. The first-order valence-electron chi connectivity index (χ1n) is 4.23. The molecule has 1 N–H and O–H groups in total. The molecule has 0 saturated heterocycles. The van der Waals surface area contributed by atoms with Crippen molar-refractivity contribution >= 4 is 26.7 Å². The van der Waals surface area contributed by atoms with Crippen molar-refractivity contribution in [2.75, 3.05) is 5.32 Å². The summed E-state index contributed by atoms with van der Waals surface area (Å²) in [6, 6.07) is 2.35. The zero-order valence-electron chi connectivity index (χ0n) is 7.61. The first-order valence-corrected chi connectivity index (χ1v) is 5.04. The third-order valence-electron chi connectivity index (χ3n) is 1.60. The number of hydrogen-bond acceptors (Lipinski definition) is 4. The normalized spacial score (nSPS) is 11.0. The molecule has 0 unspecified atom stereocenters. The topological polar surface area (TPSA) is 37.8 Å². The van der Waals surface area contributed by atoms with Crippen LogP contribution in [-0.2, 0) is 0 Å². The van der Waals surface area contributed by atoms with E-state index in [0.717, 1.165) is 15.3 Å². The Hall–Kier alpha value is -1.16. The van der Waals surface area contributed by atoms with Gasteiger partial charge in [-0.2, -0.15) is 0 Å². The molecule has 2 heterocycles. The van der Waals surface area contributed by atoms with E-state index in [-0.39, 0.29) is 0 Å². The lowest BCUT2D eigenvalue weighted by molar-refractivity contribution is 0.897. The first kappa shape index (κ1) is 8.44. The first-order chi connectivity index (χ1) is 6.25. The Kier molecular flexibility index (Phi) is 2.14.